The zero-order chi connectivity index (χ0) is 16.2. The smallest absolute Gasteiger partial charge is 0.0828 e. The van der Waals surface area contributed by atoms with Gasteiger partial charge in [-0.15, -0.1) is 0 Å². The highest BCUT2D eigenvalue weighted by molar-refractivity contribution is 5.32. The SMILES string of the molecule is Cc1ccc(C23C[C@@H]4C[C@@H](CC(C[NH+]5CCCCC5)(C4)C2)C3)cc1. The summed E-state index contributed by atoms with van der Waals surface area (Å²) in [7, 11) is 0. The first-order valence-electron chi connectivity index (χ1n) is 10.6. The van der Waals surface area contributed by atoms with E-state index < -0.39 is 0 Å². The van der Waals surface area contributed by atoms with E-state index in [9.17, 15) is 0 Å². The predicted octanol–water partition coefficient (Wildman–Crippen LogP) is 3.90. The summed E-state index contributed by atoms with van der Waals surface area (Å²) in [5.41, 5.74) is 4.31. The molecule has 0 spiro atoms. The molecule has 0 amide bonds. The molecular weight excluding hydrogens is 290 g/mol. The quantitative estimate of drug-likeness (QED) is 0.860. The van der Waals surface area contributed by atoms with E-state index in [0.717, 1.165) is 11.8 Å². The Morgan fingerprint density at radius 3 is 2.25 bits per heavy atom. The van der Waals surface area contributed by atoms with Gasteiger partial charge in [-0.3, -0.25) is 0 Å². The maximum absolute atomic E-state index is 2.48. The highest BCUT2D eigenvalue weighted by Gasteiger charge is 2.59. The lowest BCUT2D eigenvalue weighted by molar-refractivity contribution is -0.912. The van der Waals surface area contributed by atoms with Gasteiger partial charge in [-0.2, -0.15) is 0 Å². The summed E-state index contributed by atoms with van der Waals surface area (Å²) in [5.74, 6) is 2.05. The molecule has 2 unspecified atom stereocenters. The molecule has 5 aliphatic rings. The number of benzene rings is 1. The van der Waals surface area contributed by atoms with Crippen molar-refractivity contribution in [3.8, 4) is 0 Å². The second-order valence-corrected chi connectivity index (χ2v) is 10.1. The van der Waals surface area contributed by atoms with Crippen molar-refractivity contribution in [1.82, 2.24) is 0 Å². The average molecular weight is 325 g/mol. The fourth-order valence-electron chi connectivity index (χ4n) is 7.66. The molecule has 1 heterocycles. The maximum Gasteiger partial charge on any atom is 0.0828 e. The summed E-state index contributed by atoms with van der Waals surface area (Å²) in [6, 6.07) is 9.67. The van der Waals surface area contributed by atoms with Crippen LogP contribution in [0.5, 0.6) is 0 Å². The summed E-state index contributed by atoms with van der Waals surface area (Å²) in [6.45, 7) is 6.63. The first-order valence-corrected chi connectivity index (χ1v) is 10.6. The molecule has 6 rings (SSSR count). The Morgan fingerprint density at radius 1 is 0.917 bits per heavy atom. The van der Waals surface area contributed by atoms with E-state index >= 15 is 0 Å². The van der Waals surface area contributed by atoms with Gasteiger partial charge in [0.05, 0.1) is 19.6 Å². The molecule has 0 aromatic heterocycles. The minimum Gasteiger partial charge on any atom is -0.334 e. The second kappa shape index (κ2) is 5.59. The molecule has 1 aromatic rings. The maximum atomic E-state index is 2.48. The Hall–Kier alpha value is -0.820. The molecular formula is C23H34N+. The van der Waals surface area contributed by atoms with Gasteiger partial charge in [-0.1, -0.05) is 29.8 Å². The molecule has 1 nitrogen and oxygen atoms in total. The van der Waals surface area contributed by atoms with Crippen LogP contribution in [-0.2, 0) is 5.41 Å². The minimum absolute atomic E-state index is 0.535. The fourth-order valence-corrected chi connectivity index (χ4v) is 7.66. The lowest BCUT2D eigenvalue weighted by atomic mass is 9.43. The minimum atomic E-state index is 0.535. The van der Waals surface area contributed by atoms with E-state index in [1.807, 2.05) is 4.90 Å². The van der Waals surface area contributed by atoms with Crippen molar-refractivity contribution in [2.45, 2.75) is 70.1 Å². The first-order chi connectivity index (χ1) is 11.6. The molecule has 1 aliphatic heterocycles. The molecule has 4 atom stereocenters. The van der Waals surface area contributed by atoms with Crippen molar-refractivity contribution in [2.75, 3.05) is 19.6 Å². The van der Waals surface area contributed by atoms with Crippen LogP contribution in [0.15, 0.2) is 24.3 Å². The number of hydrogen-bond donors (Lipinski definition) is 1. The van der Waals surface area contributed by atoms with Crippen LogP contribution in [0.1, 0.15) is 68.9 Å². The Balaban J connectivity index is 1.45. The summed E-state index contributed by atoms with van der Waals surface area (Å²) in [6.07, 6.45) is 13.6. The topological polar surface area (TPSA) is 4.44 Å². The largest absolute Gasteiger partial charge is 0.334 e. The van der Waals surface area contributed by atoms with Gasteiger partial charge >= 0.3 is 0 Å². The van der Waals surface area contributed by atoms with Crippen LogP contribution in [0, 0.1) is 24.2 Å². The third-order valence-electron chi connectivity index (χ3n) is 8.03. The molecule has 5 fully saturated rings. The van der Waals surface area contributed by atoms with Crippen LogP contribution in [0.2, 0.25) is 0 Å². The molecule has 0 radical (unpaired) electrons. The van der Waals surface area contributed by atoms with Crippen molar-refractivity contribution >= 4 is 0 Å². The summed E-state index contributed by atoms with van der Waals surface area (Å²) >= 11 is 0. The van der Waals surface area contributed by atoms with Gasteiger partial charge in [-0.05, 0) is 87.5 Å². The van der Waals surface area contributed by atoms with E-state index in [1.54, 1.807) is 24.8 Å². The van der Waals surface area contributed by atoms with Crippen LogP contribution in [0.3, 0.4) is 0 Å². The molecule has 4 aliphatic carbocycles. The Morgan fingerprint density at radius 2 is 1.58 bits per heavy atom. The average Bonchev–Trinajstić information content (AvgIpc) is 2.54. The van der Waals surface area contributed by atoms with Crippen LogP contribution in [0.4, 0.5) is 0 Å². The molecule has 1 aromatic carbocycles. The predicted molar refractivity (Wildman–Crippen MR) is 99.4 cm³/mol. The highest BCUT2D eigenvalue weighted by Crippen LogP contribution is 2.65. The molecule has 1 heteroatoms. The van der Waals surface area contributed by atoms with Crippen LogP contribution < -0.4 is 4.90 Å². The Bertz CT molecular complexity index is 581. The van der Waals surface area contributed by atoms with Crippen molar-refractivity contribution in [3.63, 3.8) is 0 Å². The van der Waals surface area contributed by atoms with Gasteiger partial charge < -0.3 is 4.90 Å². The highest BCUT2D eigenvalue weighted by atomic mass is 15.1. The lowest BCUT2D eigenvalue weighted by Crippen LogP contribution is -3.14. The second-order valence-electron chi connectivity index (χ2n) is 10.1. The molecule has 1 saturated heterocycles. The van der Waals surface area contributed by atoms with Crippen molar-refractivity contribution in [1.29, 1.82) is 0 Å². The van der Waals surface area contributed by atoms with E-state index in [4.69, 9.17) is 0 Å². The summed E-state index contributed by atoms with van der Waals surface area (Å²) in [5, 5.41) is 0. The molecule has 4 saturated carbocycles. The molecule has 1 N–H and O–H groups in total. The number of piperidine rings is 1. The number of likely N-dealkylation sites (tertiary alicyclic amines) is 1. The van der Waals surface area contributed by atoms with Crippen LogP contribution in [-0.4, -0.2) is 19.6 Å². The van der Waals surface area contributed by atoms with Crippen molar-refractivity contribution in [3.05, 3.63) is 35.4 Å². The monoisotopic (exact) mass is 324 g/mol. The first kappa shape index (κ1) is 15.4. The van der Waals surface area contributed by atoms with Gasteiger partial charge in [0.25, 0.3) is 0 Å². The number of aryl methyl sites for hydroxylation is 1. The van der Waals surface area contributed by atoms with Gasteiger partial charge in [0.1, 0.15) is 0 Å². The molecule has 130 valence electrons. The Kier molecular flexibility index (Phi) is 3.60. The van der Waals surface area contributed by atoms with Crippen LogP contribution >= 0.6 is 0 Å². The van der Waals surface area contributed by atoms with E-state index in [0.29, 0.717) is 10.8 Å². The summed E-state index contributed by atoms with van der Waals surface area (Å²) in [4.78, 5) is 1.95. The Labute approximate surface area is 147 Å². The zero-order valence-electron chi connectivity index (χ0n) is 15.4. The van der Waals surface area contributed by atoms with Gasteiger partial charge in [-0.25, -0.2) is 0 Å². The lowest BCUT2D eigenvalue weighted by Gasteiger charge is -2.62. The third-order valence-corrected chi connectivity index (χ3v) is 8.03. The van der Waals surface area contributed by atoms with E-state index in [1.165, 1.54) is 63.7 Å². The standard InChI is InChI=1S/C23H33N/c1-18-5-7-21(8-6-18)23-14-19-11-20(15-23)13-22(12-19,16-23)17-24-9-3-2-4-10-24/h5-8,19-20H,2-4,9-17H2,1H3/p+1/t19-,20+,22?,23?. The van der Waals surface area contributed by atoms with Gasteiger partial charge in [0, 0.05) is 5.41 Å². The van der Waals surface area contributed by atoms with E-state index in [2.05, 4.69) is 31.2 Å². The number of nitrogens with one attached hydrogen (secondary N) is 1. The van der Waals surface area contributed by atoms with Crippen LogP contribution in [0.25, 0.3) is 0 Å². The van der Waals surface area contributed by atoms with Crippen molar-refractivity contribution < 1.29 is 4.90 Å². The normalized spacial score (nSPS) is 41.7. The van der Waals surface area contributed by atoms with E-state index in [-0.39, 0.29) is 0 Å². The van der Waals surface area contributed by atoms with Crippen molar-refractivity contribution in [2.24, 2.45) is 17.3 Å². The summed E-state index contributed by atoms with van der Waals surface area (Å²) < 4.78 is 0. The van der Waals surface area contributed by atoms with Gasteiger partial charge in [0.15, 0.2) is 0 Å². The fraction of sp³-hybridized carbons (Fsp3) is 0.739. The molecule has 24 heavy (non-hydrogen) atoms. The number of rotatable bonds is 3. The molecule has 4 bridgehead atoms. The number of quaternary nitrogens is 1. The zero-order valence-corrected chi connectivity index (χ0v) is 15.4. The van der Waals surface area contributed by atoms with Gasteiger partial charge in [0.2, 0.25) is 0 Å². The number of hydrogen-bond acceptors (Lipinski definition) is 0. The third kappa shape index (κ3) is 2.55.